The van der Waals surface area contributed by atoms with Crippen LogP contribution >= 0.6 is 0 Å². The number of hydrogen-bond acceptors (Lipinski definition) is 1. The Morgan fingerprint density at radius 1 is 0.383 bits per heavy atom. The lowest BCUT2D eigenvalue weighted by atomic mass is 9.83. The van der Waals surface area contributed by atoms with Crippen molar-refractivity contribution in [2.75, 3.05) is 0 Å². The molecule has 0 amide bonds. The molecule has 0 radical (unpaired) electrons. The summed E-state index contributed by atoms with van der Waals surface area (Å²) in [6, 6.07) is 0.275. The minimum Gasteiger partial charge on any atom is -0.456 e. The van der Waals surface area contributed by atoms with Gasteiger partial charge in [0.1, 0.15) is 11.2 Å². The SMILES string of the molecule is [2H]c1c([2H])c([2H])c(-c2c([2H])c(-c3c4ccccc4c(-c4c([2H])c([2H])c([2H])c5oc6c([2H])c7c([2H])c([2H])c([2H])c([2H])c7c([2H])c6c45)c4ccccc34)c([2H])c3c([2H])c([2H])c([2H])c([2H])c23)c([2H])c1[2H]. The molecule has 9 aromatic carbocycles. The molecule has 0 unspecified atom stereocenters. The second-order valence-electron chi connectivity index (χ2n) is 10.9. The lowest BCUT2D eigenvalue weighted by Gasteiger charge is -2.19. The lowest BCUT2D eigenvalue weighted by Crippen LogP contribution is -1.92. The Morgan fingerprint density at radius 3 is 1.72 bits per heavy atom. The molecular weight excluding hydrogens is 569 g/mol. The summed E-state index contributed by atoms with van der Waals surface area (Å²) in [5.41, 5.74) is -1.50. The largest absolute Gasteiger partial charge is 0.456 e. The molecule has 1 aromatic heterocycles. The molecule has 0 saturated heterocycles. The van der Waals surface area contributed by atoms with Crippen molar-refractivity contribution < 1.29 is 31.8 Å². The zero-order valence-corrected chi connectivity index (χ0v) is 24.0. The smallest absolute Gasteiger partial charge is 0.136 e. The van der Waals surface area contributed by atoms with Crippen LogP contribution in [0.3, 0.4) is 0 Å². The van der Waals surface area contributed by atoms with Crippen LogP contribution < -0.4 is 0 Å². The fraction of sp³-hybridized carbons (Fsp3) is 0. The van der Waals surface area contributed by atoms with E-state index >= 15 is 0 Å². The van der Waals surface area contributed by atoms with Crippen LogP contribution in [0.25, 0.3) is 98.4 Å². The van der Waals surface area contributed by atoms with Crippen LogP contribution in [0.5, 0.6) is 0 Å². The van der Waals surface area contributed by atoms with Gasteiger partial charge < -0.3 is 4.42 Å². The van der Waals surface area contributed by atoms with E-state index in [4.69, 9.17) is 25.0 Å². The fourth-order valence-corrected chi connectivity index (χ4v) is 6.40. The van der Waals surface area contributed by atoms with Crippen molar-refractivity contribution in [3.63, 3.8) is 0 Å². The maximum Gasteiger partial charge on any atom is 0.136 e. The molecule has 10 aromatic rings. The number of rotatable bonds is 3. The number of furan rings is 1. The van der Waals surface area contributed by atoms with Crippen molar-refractivity contribution in [2.45, 2.75) is 0 Å². The van der Waals surface area contributed by atoms with Gasteiger partial charge >= 0.3 is 0 Å². The second kappa shape index (κ2) is 10.2. The summed E-state index contributed by atoms with van der Waals surface area (Å²) >= 11 is 0. The number of hydrogen-bond donors (Lipinski definition) is 0. The average molecular weight is 617 g/mol. The van der Waals surface area contributed by atoms with E-state index in [9.17, 15) is 6.85 Å². The molecule has 0 atom stereocenters. The normalized spacial score (nSPS) is 17.8. The first-order valence-electron chi connectivity index (χ1n) is 24.6. The van der Waals surface area contributed by atoms with E-state index in [2.05, 4.69) is 0 Å². The Kier molecular flexibility index (Phi) is 2.87. The molecule has 218 valence electrons. The van der Waals surface area contributed by atoms with Gasteiger partial charge in [-0.15, -0.1) is 0 Å². The van der Waals surface area contributed by atoms with Gasteiger partial charge in [-0.1, -0.05) is 139 Å². The first-order chi connectivity index (χ1) is 31.7. The average Bonchev–Trinajstić information content (AvgIpc) is 3.72. The summed E-state index contributed by atoms with van der Waals surface area (Å²) in [5.74, 6) is 0. The van der Waals surface area contributed by atoms with Crippen molar-refractivity contribution in [3.8, 4) is 33.4 Å². The molecule has 47 heavy (non-hydrogen) atoms. The summed E-state index contributed by atoms with van der Waals surface area (Å²) in [6.45, 7) is 0. The summed E-state index contributed by atoms with van der Waals surface area (Å²) < 4.78 is 185. The Balaban J connectivity index is 1.45. The number of fused-ring (bicyclic) bond motifs is 7. The van der Waals surface area contributed by atoms with Gasteiger partial charge in [0.25, 0.3) is 0 Å². The van der Waals surface area contributed by atoms with Gasteiger partial charge in [0.15, 0.2) is 0 Å². The molecule has 0 saturated carbocycles. The van der Waals surface area contributed by atoms with Crippen molar-refractivity contribution in [1.82, 2.24) is 0 Å². The highest BCUT2D eigenvalue weighted by atomic mass is 16.3. The minimum absolute atomic E-state index is 0.0496. The highest BCUT2D eigenvalue weighted by Crippen LogP contribution is 2.48. The first-order valence-corrected chi connectivity index (χ1v) is 14.6. The van der Waals surface area contributed by atoms with Crippen LogP contribution in [0.15, 0.2) is 174 Å². The molecule has 0 aliphatic rings. The van der Waals surface area contributed by atoms with Gasteiger partial charge in [0.05, 0.1) is 27.4 Å². The third-order valence-electron chi connectivity index (χ3n) is 8.32. The third kappa shape index (κ3) is 3.97. The van der Waals surface area contributed by atoms with E-state index in [1.165, 1.54) is 0 Å². The Labute approximate surface area is 300 Å². The standard InChI is InChI=1S/C46H28O/c1-2-13-29(14-3-1)40-27-33(25-32-17-6-7-18-34(32)40)44-35-19-8-10-21-37(35)45(38-22-11-9-20-36(38)44)39-23-12-24-42-46(39)41-26-30-15-4-5-16-31(30)28-43(41)47-42/h1-28H/i1D,2D,3D,4D,5D,6D,7D,12D,13D,14D,15D,16D,17D,18D,23D,24D,25D,26D,27D,28D. The quantitative estimate of drug-likeness (QED) is 0.180. The molecule has 10 rings (SSSR count). The fourth-order valence-electron chi connectivity index (χ4n) is 6.40. The van der Waals surface area contributed by atoms with Gasteiger partial charge in [-0.2, -0.15) is 0 Å². The van der Waals surface area contributed by atoms with Crippen LogP contribution in [-0.2, 0) is 0 Å². The van der Waals surface area contributed by atoms with Gasteiger partial charge in [-0.3, -0.25) is 0 Å². The lowest BCUT2D eigenvalue weighted by molar-refractivity contribution is 0.669. The molecule has 1 heterocycles. The molecule has 0 aliphatic carbocycles. The van der Waals surface area contributed by atoms with Crippen molar-refractivity contribution in [2.24, 2.45) is 0 Å². The van der Waals surface area contributed by atoms with Crippen LogP contribution in [-0.4, -0.2) is 0 Å². The van der Waals surface area contributed by atoms with Crippen molar-refractivity contribution >= 4 is 65.0 Å². The van der Waals surface area contributed by atoms with E-state index in [1.54, 1.807) is 48.5 Å². The predicted molar refractivity (Wildman–Crippen MR) is 200 cm³/mol. The highest BCUT2D eigenvalue weighted by Gasteiger charge is 2.21. The topological polar surface area (TPSA) is 13.1 Å². The third-order valence-corrected chi connectivity index (χ3v) is 8.32. The van der Waals surface area contributed by atoms with E-state index in [1.807, 2.05) is 0 Å². The molecule has 0 fully saturated rings. The van der Waals surface area contributed by atoms with Crippen molar-refractivity contribution in [3.05, 3.63) is 169 Å². The summed E-state index contributed by atoms with van der Waals surface area (Å²) in [5, 5.41) is -0.452. The molecule has 0 N–H and O–H groups in total. The highest BCUT2D eigenvalue weighted by molar-refractivity contribution is 6.26. The Hall–Kier alpha value is -6.18. The maximum atomic E-state index is 9.94. The zero-order valence-electron chi connectivity index (χ0n) is 44.0. The van der Waals surface area contributed by atoms with Gasteiger partial charge in [-0.05, 0) is 107 Å². The summed E-state index contributed by atoms with van der Waals surface area (Å²) in [6.07, 6.45) is 0. The molecule has 1 nitrogen and oxygen atoms in total. The summed E-state index contributed by atoms with van der Waals surface area (Å²) in [4.78, 5) is 0. The van der Waals surface area contributed by atoms with E-state index in [-0.39, 0.29) is 71.1 Å². The van der Waals surface area contributed by atoms with E-state index in [0.29, 0.717) is 10.8 Å². The Bertz CT molecular complexity index is 3900. The maximum absolute atomic E-state index is 9.94. The van der Waals surface area contributed by atoms with Crippen LogP contribution in [0, 0.1) is 0 Å². The first kappa shape index (κ1) is 13.3. The predicted octanol–water partition coefficient (Wildman–Crippen LogP) is 13.2. The van der Waals surface area contributed by atoms with E-state index < -0.39 is 137 Å². The van der Waals surface area contributed by atoms with Gasteiger partial charge in [0.2, 0.25) is 0 Å². The van der Waals surface area contributed by atoms with Crippen molar-refractivity contribution in [1.29, 1.82) is 0 Å². The monoisotopic (exact) mass is 616 g/mol. The van der Waals surface area contributed by atoms with Crippen LogP contribution in [0.1, 0.15) is 27.4 Å². The van der Waals surface area contributed by atoms with Crippen LogP contribution in [0.4, 0.5) is 0 Å². The van der Waals surface area contributed by atoms with E-state index in [0.717, 1.165) is 0 Å². The molecular formula is C46H28O. The second-order valence-corrected chi connectivity index (χ2v) is 10.9. The number of benzene rings is 9. The molecule has 0 aliphatic heterocycles. The molecule has 0 spiro atoms. The molecule has 0 bridgehead atoms. The Morgan fingerprint density at radius 2 is 1.00 bits per heavy atom. The van der Waals surface area contributed by atoms with Crippen LogP contribution in [0.2, 0.25) is 0 Å². The van der Waals surface area contributed by atoms with Gasteiger partial charge in [0, 0.05) is 10.8 Å². The molecule has 1 heteroatoms. The summed E-state index contributed by atoms with van der Waals surface area (Å²) in [7, 11) is 0. The zero-order chi connectivity index (χ0) is 48.3. The minimum atomic E-state index is -0.764. The van der Waals surface area contributed by atoms with Gasteiger partial charge in [-0.25, -0.2) is 0 Å².